The summed E-state index contributed by atoms with van der Waals surface area (Å²) in [5.41, 5.74) is 3.50. The molecule has 5 nitrogen and oxygen atoms in total. The van der Waals surface area contributed by atoms with Crippen LogP contribution in [0.5, 0.6) is 0 Å². The fourth-order valence-electron chi connectivity index (χ4n) is 2.50. The predicted molar refractivity (Wildman–Crippen MR) is 77.4 cm³/mol. The van der Waals surface area contributed by atoms with Crippen LogP contribution >= 0.6 is 0 Å². The molecule has 0 amide bonds. The van der Waals surface area contributed by atoms with E-state index in [0.29, 0.717) is 0 Å². The average molecular weight is 289 g/mol. The SMILES string of the molecule is NS(=O)(=O)c1cccnc1Nc1ccc2c(c1)CCC2. The summed E-state index contributed by atoms with van der Waals surface area (Å²) >= 11 is 0. The lowest BCUT2D eigenvalue weighted by Crippen LogP contribution is -2.14. The molecule has 104 valence electrons. The van der Waals surface area contributed by atoms with E-state index in [9.17, 15) is 8.42 Å². The largest absolute Gasteiger partial charge is 0.339 e. The van der Waals surface area contributed by atoms with Crippen LogP contribution in [0.2, 0.25) is 0 Å². The van der Waals surface area contributed by atoms with E-state index in [1.165, 1.54) is 29.8 Å². The number of primary sulfonamides is 1. The average Bonchev–Trinajstić information content (AvgIpc) is 2.85. The molecule has 0 bridgehead atoms. The van der Waals surface area contributed by atoms with E-state index in [4.69, 9.17) is 5.14 Å². The van der Waals surface area contributed by atoms with Crippen molar-refractivity contribution in [1.29, 1.82) is 0 Å². The van der Waals surface area contributed by atoms with Crippen LogP contribution in [0.15, 0.2) is 41.4 Å². The van der Waals surface area contributed by atoms with Gasteiger partial charge in [0.15, 0.2) is 5.82 Å². The third kappa shape index (κ3) is 2.52. The minimum atomic E-state index is -3.79. The van der Waals surface area contributed by atoms with Crippen LogP contribution in [0.1, 0.15) is 17.5 Å². The Balaban J connectivity index is 1.96. The lowest BCUT2D eigenvalue weighted by atomic mass is 10.1. The number of pyridine rings is 1. The summed E-state index contributed by atoms with van der Waals surface area (Å²) in [7, 11) is -3.79. The molecule has 20 heavy (non-hydrogen) atoms. The molecule has 0 saturated heterocycles. The maximum atomic E-state index is 11.5. The van der Waals surface area contributed by atoms with Gasteiger partial charge in [-0.05, 0) is 54.7 Å². The normalized spacial score (nSPS) is 14.1. The highest BCUT2D eigenvalue weighted by atomic mass is 32.2. The van der Waals surface area contributed by atoms with Crippen LogP contribution < -0.4 is 10.5 Å². The number of sulfonamides is 1. The molecule has 0 saturated carbocycles. The van der Waals surface area contributed by atoms with Gasteiger partial charge in [0.25, 0.3) is 0 Å². The highest BCUT2D eigenvalue weighted by Gasteiger charge is 2.16. The van der Waals surface area contributed by atoms with E-state index in [0.717, 1.165) is 18.5 Å². The van der Waals surface area contributed by atoms with Gasteiger partial charge in [0.2, 0.25) is 10.0 Å². The van der Waals surface area contributed by atoms with E-state index in [1.807, 2.05) is 12.1 Å². The first-order chi connectivity index (χ1) is 9.54. The Labute approximate surface area is 117 Å². The van der Waals surface area contributed by atoms with Gasteiger partial charge in [-0.15, -0.1) is 0 Å². The molecule has 3 N–H and O–H groups in total. The second-order valence-corrected chi connectivity index (χ2v) is 6.39. The first-order valence-corrected chi connectivity index (χ1v) is 7.95. The summed E-state index contributed by atoms with van der Waals surface area (Å²) in [5.74, 6) is 0.257. The zero-order valence-electron chi connectivity index (χ0n) is 10.8. The van der Waals surface area contributed by atoms with Crippen molar-refractivity contribution < 1.29 is 8.42 Å². The van der Waals surface area contributed by atoms with Crippen LogP contribution in [-0.2, 0) is 22.9 Å². The first-order valence-electron chi connectivity index (χ1n) is 6.41. The maximum Gasteiger partial charge on any atom is 0.241 e. The van der Waals surface area contributed by atoms with Crippen molar-refractivity contribution in [3.8, 4) is 0 Å². The number of benzene rings is 1. The van der Waals surface area contributed by atoms with Crippen molar-refractivity contribution in [2.45, 2.75) is 24.2 Å². The number of aromatic nitrogens is 1. The number of nitrogens with one attached hydrogen (secondary N) is 1. The molecule has 6 heteroatoms. The van der Waals surface area contributed by atoms with Crippen molar-refractivity contribution in [1.82, 2.24) is 4.98 Å². The minimum absolute atomic E-state index is 0.000462. The number of hydrogen-bond donors (Lipinski definition) is 2. The van der Waals surface area contributed by atoms with Crippen molar-refractivity contribution in [3.63, 3.8) is 0 Å². The Morgan fingerprint density at radius 2 is 1.95 bits per heavy atom. The summed E-state index contributed by atoms with van der Waals surface area (Å²) in [6.07, 6.45) is 4.88. The van der Waals surface area contributed by atoms with E-state index in [1.54, 1.807) is 6.07 Å². The zero-order valence-corrected chi connectivity index (χ0v) is 11.7. The lowest BCUT2D eigenvalue weighted by molar-refractivity contribution is 0.598. The Hall–Kier alpha value is -1.92. The van der Waals surface area contributed by atoms with Crippen molar-refractivity contribution >= 4 is 21.5 Å². The Kier molecular flexibility index (Phi) is 3.19. The van der Waals surface area contributed by atoms with Crippen LogP contribution in [0, 0.1) is 0 Å². The summed E-state index contributed by atoms with van der Waals surface area (Å²) in [4.78, 5) is 4.06. The maximum absolute atomic E-state index is 11.5. The summed E-state index contributed by atoms with van der Waals surface area (Å²) in [5, 5.41) is 8.23. The minimum Gasteiger partial charge on any atom is -0.339 e. The molecular formula is C14H15N3O2S. The van der Waals surface area contributed by atoms with E-state index >= 15 is 0 Å². The van der Waals surface area contributed by atoms with Gasteiger partial charge in [-0.25, -0.2) is 18.5 Å². The number of anilines is 2. The highest BCUT2D eigenvalue weighted by Crippen LogP contribution is 2.27. The van der Waals surface area contributed by atoms with Crippen molar-refractivity contribution in [2.24, 2.45) is 5.14 Å². The summed E-state index contributed by atoms with van der Waals surface area (Å²) < 4.78 is 23.1. The molecule has 0 aliphatic heterocycles. The number of aryl methyl sites for hydroxylation is 2. The first kappa shape index (κ1) is 13.1. The summed E-state index contributed by atoms with van der Waals surface area (Å²) in [6, 6.07) is 9.05. The van der Waals surface area contributed by atoms with Gasteiger partial charge >= 0.3 is 0 Å². The van der Waals surface area contributed by atoms with E-state index in [-0.39, 0.29) is 10.7 Å². The third-order valence-corrected chi connectivity index (χ3v) is 4.38. The fourth-order valence-corrected chi connectivity index (χ4v) is 3.14. The monoisotopic (exact) mass is 289 g/mol. The standard InChI is InChI=1S/C14H15N3O2S/c15-20(18,19)13-5-2-8-16-14(13)17-12-7-6-10-3-1-4-11(10)9-12/h2,5-9H,1,3-4H2,(H,16,17)(H2,15,18,19). The zero-order chi connectivity index (χ0) is 14.2. The second-order valence-electron chi connectivity index (χ2n) is 4.86. The van der Waals surface area contributed by atoms with Gasteiger partial charge in [-0.3, -0.25) is 0 Å². The molecule has 0 radical (unpaired) electrons. The molecule has 3 rings (SSSR count). The second kappa shape index (κ2) is 4.88. The topological polar surface area (TPSA) is 85.1 Å². The van der Waals surface area contributed by atoms with Gasteiger partial charge < -0.3 is 5.32 Å². The predicted octanol–water partition coefficient (Wildman–Crippen LogP) is 1.96. The van der Waals surface area contributed by atoms with Crippen molar-refractivity contribution in [2.75, 3.05) is 5.32 Å². The molecular weight excluding hydrogens is 274 g/mol. The fraction of sp³-hybridized carbons (Fsp3) is 0.214. The summed E-state index contributed by atoms with van der Waals surface area (Å²) in [6.45, 7) is 0. The molecule has 1 heterocycles. The van der Waals surface area contributed by atoms with Crippen LogP contribution in [0.4, 0.5) is 11.5 Å². The molecule has 1 aromatic heterocycles. The van der Waals surface area contributed by atoms with Gasteiger partial charge in [-0.2, -0.15) is 0 Å². The molecule has 1 aromatic carbocycles. The third-order valence-electron chi connectivity index (χ3n) is 3.44. The number of hydrogen-bond acceptors (Lipinski definition) is 4. The number of nitrogens with zero attached hydrogens (tertiary/aromatic N) is 1. The molecule has 0 atom stereocenters. The molecule has 0 unspecified atom stereocenters. The molecule has 2 aromatic rings. The highest BCUT2D eigenvalue weighted by molar-refractivity contribution is 7.89. The van der Waals surface area contributed by atoms with Gasteiger partial charge in [0.05, 0.1) is 0 Å². The van der Waals surface area contributed by atoms with Crippen molar-refractivity contribution in [3.05, 3.63) is 47.7 Å². The van der Waals surface area contributed by atoms with Crippen LogP contribution in [-0.4, -0.2) is 13.4 Å². The van der Waals surface area contributed by atoms with E-state index < -0.39 is 10.0 Å². The number of rotatable bonds is 3. The Bertz CT molecular complexity index is 757. The van der Waals surface area contributed by atoms with Gasteiger partial charge in [-0.1, -0.05) is 6.07 Å². The lowest BCUT2D eigenvalue weighted by Gasteiger charge is -2.10. The Morgan fingerprint density at radius 1 is 1.15 bits per heavy atom. The van der Waals surface area contributed by atoms with E-state index in [2.05, 4.69) is 16.4 Å². The van der Waals surface area contributed by atoms with Crippen LogP contribution in [0.3, 0.4) is 0 Å². The molecule has 1 aliphatic rings. The quantitative estimate of drug-likeness (QED) is 0.904. The number of fused-ring (bicyclic) bond motifs is 1. The molecule has 0 spiro atoms. The molecule has 1 aliphatic carbocycles. The molecule has 0 fully saturated rings. The Morgan fingerprint density at radius 3 is 2.75 bits per heavy atom. The smallest absolute Gasteiger partial charge is 0.241 e. The van der Waals surface area contributed by atoms with Crippen LogP contribution in [0.25, 0.3) is 0 Å². The van der Waals surface area contributed by atoms with Gasteiger partial charge in [0.1, 0.15) is 4.90 Å². The van der Waals surface area contributed by atoms with Gasteiger partial charge in [0, 0.05) is 11.9 Å². The number of nitrogens with two attached hydrogens (primary N) is 1.